The largest absolute Gasteiger partial charge is 0.381 e. The van der Waals surface area contributed by atoms with Gasteiger partial charge in [-0.2, -0.15) is 0 Å². The second kappa shape index (κ2) is 5.96. The maximum atomic E-state index is 12.7. The van der Waals surface area contributed by atoms with E-state index < -0.39 is 0 Å². The van der Waals surface area contributed by atoms with Crippen LogP contribution in [-0.2, 0) is 9.53 Å². The van der Waals surface area contributed by atoms with Crippen LogP contribution in [0.1, 0.15) is 51.4 Å². The molecule has 0 unspecified atom stereocenters. The summed E-state index contributed by atoms with van der Waals surface area (Å²) in [6.07, 6.45) is 8.85. The van der Waals surface area contributed by atoms with Crippen molar-refractivity contribution in [1.82, 2.24) is 0 Å². The van der Waals surface area contributed by atoms with E-state index in [0.29, 0.717) is 25.5 Å². The summed E-state index contributed by atoms with van der Waals surface area (Å²) in [4.78, 5) is 12.7. The lowest BCUT2D eigenvalue weighted by Crippen LogP contribution is -2.46. The molecule has 0 atom stereocenters. The van der Waals surface area contributed by atoms with Crippen molar-refractivity contribution in [2.24, 2.45) is 17.1 Å². The zero-order valence-corrected chi connectivity index (χ0v) is 10.7. The summed E-state index contributed by atoms with van der Waals surface area (Å²) in [7, 11) is 0. The minimum atomic E-state index is -0.257. The van der Waals surface area contributed by atoms with Gasteiger partial charge >= 0.3 is 0 Å². The van der Waals surface area contributed by atoms with Crippen LogP contribution in [0.15, 0.2) is 0 Å². The van der Waals surface area contributed by atoms with Gasteiger partial charge in [-0.05, 0) is 25.7 Å². The summed E-state index contributed by atoms with van der Waals surface area (Å²) in [5, 5.41) is 0. The Morgan fingerprint density at radius 1 is 1.12 bits per heavy atom. The molecule has 0 radical (unpaired) electrons. The highest BCUT2D eigenvalue weighted by Crippen LogP contribution is 2.37. The number of nitrogens with two attached hydrogens (primary N) is 1. The fourth-order valence-electron chi connectivity index (χ4n) is 3.29. The van der Waals surface area contributed by atoms with Crippen LogP contribution < -0.4 is 5.73 Å². The predicted molar refractivity (Wildman–Crippen MR) is 67.7 cm³/mol. The summed E-state index contributed by atoms with van der Waals surface area (Å²) in [6.45, 7) is 1.91. The van der Waals surface area contributed by atoms with Crippen LogP contribution in [0.25, 0.3) is 0 Å². The molecule has 98 valence electrons. The van der Waals surface area contributed by atoms with E-state index in [-0.39, 0.29) is 11.3 Å². The Hall–Kier alpha value is -0.410. The molecule has 2 rings (SSSR count). The lowest BCUT2D eigenvalue weighted by atomic mass is 9.71. The number of hydrogen-bond donors (Lipinski definition) is 1. The first-order valence-electron chi connectivity index (χ1n) is 7.11. The first-order chi connectivity index (χ1) is 8.28. The average molecular weight is 239 g/mol. The smallest absolute Gasteiger partial charge is 0.143 e. The van der Waals surface area contributed by atoms with E-state index in [4.69, 9.17) is 10.5 Å². The van der Waals surface area contributed by atoms with Gasteiger partial charge in [0.1, 0.15) is 5.78 Å². The van der Waals surface area contributed by atoms with Gasteiger partial charge in [-0.25, -0.2) is 0 Å². The van der Waals surface area contributed by atoms with E-state index in [9.17, 15) is 4.79 Å². The molecule has 1 saturated heterocycles. The van der Waals surface area contributed by atoms with Crippen molar-refractivity contribution in [2.75, 3.05) is 19.8 Å². The summed E-state index contributed by atoms with van der Waals surface area (Å²) in [5.74, 6) is 0.726. The van der Waals surface area contributed by atoms with Crippen molar-refractivity contribution in [1.29, 1.82) is 0 Å². The molecule has 0 amide bonds. The third kappa shape index (κ3) is 2.89. The van der Waals surface area contributed by atoms with E-state index >= 15 is 0 Å². The molecule has 0 aromatic rings. The highest BCUT2D eigenvalue weighted by atomic mass is 16.5. The molecule has 3 heteroatoms. The molecular weight excluding hydrogens is 214 g/mol. The molecule has 0 aromatic carbocycles. The fourth-order valence-corrected chi connectivity index (χ4v) is 3.29. The van der Waals surface area contributed by atoms with Gasteiger partial charge in [0.05, 0.1) is 0 Å². The van der Waals surface area contributed by atoms with Crippen molar-refractivity contribution in [3.8, 4) is 0 Å². The van der Waals surface area contributed by atoms with E-state index in [1.165, 1.54) is 25.7 Å². The first kappa shape index (κ1) is 13.0. The summed E-state index contributed by atoms with van der Waals surface area (Å²) in [5.41, 5.74) is 5.65. The summed E-state index contributed by atoms with van der Waals surface area (Å²) in [6, 6.07) is 0. The maximum Gasteiger partial charge on any atom is 0.143 e. The van der Waals surface area contributed by atoms with Crippen LogP contribution in [0.3, 0.4) is 0 Å². The monoisotopic (exact) mass is 239 g/mol. The van der Waals surface area contributed by atoms with Gasteiger partial charge in [-0.15, -0.1) is 0 Å². The van der Waals surface area contributed by atoms with Gasteiger partial charge in [0, 0.05) is 31.1 Å². The van der Waals surface area contributed by atoms with Gasteiger partial charge in [0.15, 0.2) is 0 Å². The van der Waals surface area contributed by atoms with Crippen molar-refractivity contribution < 1.29 is 9.53 Å². The minimum Gasteiger partial charge on any atom is -0.381 e. The zero-order chi connectivity index (χ0) is 12.1. The van der Waals surface area contributed by atoms with Crippen LogP contribution in [0.5, 0.6) is 0 Å². The average Bonchev–Trinajstić information content (AvgIpc) is 2.67. The lowest BCUT2D eigenvalue weighted by molar-refractivity contribution is -0.138. The topological polar surface area (TPSA) is 52.3 Å². The normalized spacial score (nSPS) is 26.4. The summed E-state index contributed by atoms with van der Waals surface area (Å²) >= 11 is 0. The molecule has 0 aromatic heterocycles. The molecule has 1 aliphatic heterocycles. The molecule has 1 saturated carbocycles. The predicted octanol–water partition coefficient (Wildman–Crippen LogP) is 2.28. The molecule has 2 fully saturated rings. The highest BCUT2D eigenvalue weighted by molar-refractivity contribution is 5.87. The van der Waals surface area contributed by atoms with Crippen LogP contribution in [0, 0.1) is 11.3 Å². The quantitative estimate of drug-likeness (QED) is 0.769. The number of hydrogen-bond acceptors (Lipinski definition) is 3. The van der Waals surface area contributed by atoms with Gasteiger partial charge in [0.25, 0.3) is 0 Å². The van der Waals surface area contributed by atoms with Crippen LogP contribution in [0.4, 0.5) is 0 Å². The molecule has 0 spiro atoms. The van der Waals surface area contributed by atoms with Crippen LogP contribution in [0.2, 0.25) is 0 Å². The van der Waals surface area contributed by atoms with E-state index in [1.807, 2.05) is 0 Å². The molecule has 1 heterocycles. The molecule has 2 aliphatic rings. The maximum absolute atomic E-state index is 12.7. The molecule has 2 N–H and O–H groups in total. The molecule has 1 aliphatic carbocycles. The standard InChI is InChI=1S/C14H25NO2/c15-11-14(7-9-17-10-8-14)13(16)12-5-3-1-2-4-6-12/h12H,1-11,15H2. The van der Waals surface area contributed by atoms with E-state index in [0.717, 1.165) is 25.7 Å². The third-order valence-electron chi connectivity index (χ3n) is 4.59. The van der Waals surface area contributed by atoms with Gasteiger partial charge in [0.2, 0.25) is 0 Å². The molecule has 0 bridgehead atoms. The van der Waals surface area contributed by atoms with Crippen molar-refractivity contribution in [2.45, 2.75) is 51.4 Å². The molecule has 3 nitrogen and oxygen atoms in total. The number of ketones is 1. The number of carbonyl (C=O) groups is 1. The Kier molecular flexibility index (Phi) is 4.57. The van der Waals surface area contributed by atoms with E-state index in [2.05, 4.69) is 0 Å². The summed E-state index contributed by atoms with van der Waals surface area (Å²) < 4.78 is 5.38. The Labute approximate surface area is 104 Å². The number of Topliss-reactive ketones (excluding diaryl/α,β-unsaturated/α-hetero) is 1. The van der Waals surface area contributed by atoms with Crippen molar-refractivity contribution in [3.05, 3.63) is 0 Å². The fraction of sp³-hybridized carbons (Fsp3) is 0.929. The Morgan fingerprint density at radius 2 is 1.71 bits per heavy atom. The van der Waals surface area contributed by atoms with Crippen molar-refractivity contribution in [3.63, 3.8) is 0 Å². The number of rotatable bonds is 3. The second-order valence-electron chi connectivity index (χ2n) is 5.65. The molecular formula is C14H25NO2. The van der Waals surface area contributed by atoms with Gasteiger partial charge < -0.3 is 10.5 Å². The van der Waals surface area contributed by atoms with Crippen LogP contribution >= 0.6 is 0 Å². The SMILES string of the molecule is NCC1(C(=O)C2CCCCCC2)CCOCC1. The van der Waals surface area contributed by atoms with Gasteiger partial charge in [-0.1, -0.05) is 25.7 Å². The second-order valence-corrected chi connectivity index (χ2v) is 5.65. The van der Waals surface area contributed by atoms with E-state index in [1.54, 1.807) is 0 Å². The van der Waals surface area contributed by atoms with Gasteiger partial charge in [-0.3, -0.25) is 4.79 Å². The lowest BCUT2D eigenvalue weighted by Gasteiger charge is -2.37. The van der Waals surface area contributed by atoms with Crippen LogP contribution in [-0.4, -0.2) is 25.5 Å². The Bertz CT molecular complexity index is 251. The van der Waals surface area contributed by atoms with Crippen molar-refractivity contribution >= 4 is 5.78 Å². The third-order valence-corrected chi connectivity index (χ3v) is 4.59. The number of carbonyl (C=O) groups excluding carboxylic acids is 1. The molecule has 17 heavy (non-hydrogen) atoms. The highest BCUT2D eigenvalue weighted by Gasteiger charge is 2.41. The first-order valence-corrected chi connectivity index (χ1v) is 7.11. The zero-order valence-electron chi connectivity index (χ0n) is 10.7. The minimum absolute atomic E-state index is 0.257. The number of ether oxygens (including phenoxy) is 1. The Balaban J connectivity index is 2.04. The Morgan fingerprint density at radius 3 is 2.24 bits per heavy atom.